The molecular formula is C72H120O6. The van der Waals surface area contributed by atoms with Gasteiger partial charge in [0.15, 0.2) is 6.10 Å². The summed E-state index contributed by atoms with van der Waals surface area (Å²) < 4.78 is 16.9. The molecule has 0 rings (SSSR count). The van der Waals surface area contributed by atoms with Gasteiger partial charge in [-0.2, -0.15) is 0 Å². The van der Waals surface area contributed by atoms with Crippen LogP contribution in [0, 0.1) is 0 Å². The van der Waals surface area contributed by atoms with Gasteiger partial charge in [-0.05, 0) is 109 Å². The molecule has 0 fully saturated rings. The molecule has 0 saturated heterocycles. The maximum absolute atomic E-state index is 12.9. The van der Waals surface area contributed by atoms with Gasteiger partial charge in [0.25, 0.3) is 0 Å². The van der Waals surface area contributed by atoms with E-state index in [2.05, 4.69) is 142 Å². The summed E-state index contributed by atoms with van der Waals surface area (Å²) in [6.45, 7) is 6.46. The van der Waals surface area contributed by atoms with Crippen LogP contribution in [-0.4, -0.2) is 37.2 Å². The Bertz CT molecular complexity index is 1620. The number of rotatable bonds is 58. The van der Waals surface area contributed by atoms with Crippen LogP contribution < -0.4 is 0 Å². The van der Waals surface area contributed by atoms with Gasteiger partial charge in [0, 0.05) is 19.3 Å². The number of hydrogen-bond donors (Lipinski definition) is 0. The first-order valence-electron chi connectivity index (χ1n) is 32.5. The van der Waals surface area contributed by atoms with Crippen LogP contribution in [0.15, 0.2) is 122 Å². The molecule has 0 radical (unpaired) electrons. The Morgan fingerprint density at radius 2 is 0.513 bits per heavy atom. The number of ether oxygens (including phenoxy) is 3. The van der Waals surface area contributed by atoms with Crippen molar-refractivity contribution in [2.45, 2.75) is 303 Å². The maximum atomic E-state index is 12.9. The summed E-state index contributed by atoms with van der Waals surface area (Å²) in [5.74, 6) is -0.950. The van der Waals surface area contributed by atoms with Crippen molar-refractivity contribution in [3.63, 3.8) is 0 Å². The van der Waals surface area contributed by atoms with Crippen molar-refractivity contribution in [1.82, 2.24) is 0 Å². The van der Waals surface area contributed by atoms with Crippen LogP contribution in [0.5, 0.6) is 0 Å². The van der Waals surface area contributed by atoms with Gasteiger partial charge in [-0.1, -0.05) is 290 Å². The van der Waals surface area contributed by atoms with Crippen molar-refractivity contribution < 1.29 is 28.6 Å². The van der Waals surface area contributed by atoms with Crippen molar-refractivity contribution >= 4 is 17.9 Å². The van der Waals surface area contributed by atoms with E-state index in [4.69, 9.17) is 14.2 Å². The van der Waals surface area contributed by atoms with Crippen molar-refractivity contribution in [2.75, 3.05) is 13.2 Å². The smallest absolute Gasteiger partial charge is 0.306 e. The van der Waals surface area contributed by atoms with Crippen molar-refractivity contribution in [1.29, 1.82) is 0 Å². The molecule has 0 aliphatic rings. The monoisotopic (exact) mass is 1080 g/mol. The first-order chi connectivity index (χ1) is 38.5. The summed E-state index contributed by atoms with van der Waals surface area (Å²) in [7, 11) is 0. The van der Waals surface area contributed by atoms with Crippen LogP contribution in [0.4, 0.5) is 0 Å². The predicted molar refractivity (Wildman–Crippen MR) is 339 cm³/mol. The zero-order valence-electron chi connectivity index (χ0n) is 50.9. The second-order valence-corrected chi connectivity index (χ2v) is 21.3. The average Bonchev–Trinajstić information content (AvgIpc) is 3.44. The van der Waals surface area contributed by atoms with Crippen molar-refractivity contribution in [3.8, 4) is 0 Å². The van der Waals surface area contributed by atoms with E-state index in [0.29, 0.717) is 25.7 Å². The SMILES string of the molecule is CC/C=C\C/C=C\C/C=C\C/C=C\C/C=C\C/C=C\C/C=C\C/C=C\CCCCC(=O)OCC(COC(=O)CCCCCCC/C=C\C/C=C\CCCC)OC(=O)CCCCCCCCCCCCCCCCCCCCC. The fourth-order valence-electron chi connectivity index (χ4n) is 8.83. The second kappa shape index (κ2) is 65.3. The van der Waals surface area contributed by atoms with Crippen LogP contribution in [-0.2, 0) is 28.6 Å². The molecule has 0 spiro atoms. The minimum absolute atomic E-state index is 0.0994. The number of unbranched alkanes of at least 4 members (excludes halogenated alkanes) is 27. The Balaban J connectivity index is 4.44. The molecule has 0 amide bonds. The highest BCUT2D eigenvalue weighted by atomic mass is 16.6. The lowest BCUT2D eigenvalue weighted by molar-refractivity contribution is -0.167. The maximum Gasteiger partial charge on any atom is 0.306 e. The van der Waals surface area contributed by atoms with E-state index in [-0.39, 0.29) is 31.1 Å². The standard InChI is InChI=1S/C72H120O6/c1-4-7-10-13-16-19-22-25-28-30-32-33-34-35-36-37-38-39-41-42-44-47-50-53-56-59-62-65-71(74)77-68-69(67-76-70(73)64-61-58-55-52-49-46-27-24-21-18-15-12-9-6-3)78-72(75)66-63-60-57-54-51-48-45-43-40-31-29-26-23-20-17-14-11-8-5-2/h7,10,15-16,18-19,24-25,27-28,32-33,35-36,38-39,42,44,50,53,69H,4-6,8-9,11-14,17,20-23,26,29-31,34,37,40-41,43,45-49,51-52,54-68H2,1-3H3/b10-7-,18-15-,19-16-,27-24-,28-25-,33-32-,36-35-,39-38-,44-42-,53-50-. The minimum atomic E-state index is -0.805. The van der Waals surface area contributed by atoms with Crippen LogP contribution in [0.3, 0.4) is 0 Å². The van der Waals surface area contributed by atoms with E-state index < -0.39 is 6.10 Å². The lowest BCUT2D eigenvalue weighted by Crippen LogP contribution is -2.30. The van der Waals surface area contributed by atoms with Gasteiger partial charge < -0.3 is 14.2 Å². The summed E-state index contributed by atoms with van der Waals surface area (Å²) in [4.78, 5) is 38.3. The van der Waals surface area contributed by atoms with Gasteiger partial charge in [0.05, 0.1) is 0 Å². The molecule has 0 aromatic heterocycles. The minimum Gasteiger partial charge on any atom is -0.462 e. The fraction of sp³-hybridized carbons (Fsp3) is 0.681. The first kappa shape index (κ1) is 73.8. The third-order valence-corrected chi connectivity index (χ3v) is 13.7. The lowest BCUT2D eigenvalue weighted by atomic mass is 10.0. The molecule has 0 aliphatic carbocycles. The Morgan fingerprint density at radius 1 is 0.269 bits per heavy atom. The highest BCUT2D eigenvalue weighted by molar-refractivity contribution is 5.71. The zero-order valence-corrected chi connectivity index (χ0v) is 50.9. The lowest BCUT2D eigenvalue weighted by Gasteiger charge is -2.18. The van der Waals surface area contributed by atoms with Crippen LogP contribution in [0.2, 0.25) is 0 Å². The molecule has 0 N–H and O–H groups in total. The second-order valence-electron chi connectivity index (χ2n) is 21.3. The number of hydrogen-bond acceptors (Lipinski definition) is 6. The molecule has 6 nitrogen and oxygen atoms in total. The van der Waals surface area contributed by atoms with Gasteiger partial charge in [-0.15, -0.1) is 0 Å². The van der Waals surface area contributed by atoms with Crippen LogP contribution >= 0.6 is 0 Å². The van der Waals surface area contributed by atoms with E-state index in [9.17, 15) is 14.4 Å². The van der Waals surface area contributed by atoms with Gasteiger partial charge in [0.2, 0.25) is 0 Å². The van der Waals surface area contributed by atoms with E-state index in [1.165, 1.54) is 122 Å². The molecule has 0 saturated carbocycles. The molecule has 0 aliphatic heterocycles. The molecule has 0 bridgehead atoms. The largest absolute Gasteiger partial charge is 0.462 e. The quantitative estimate of drug-likeness (QED) is 0.0261. The third kappa shape index (κ3) is 62.7. The Hall–Kier alpha value is -4.19. The molecule has 0 aromatic carbocycles. The van der Waals surface area contributed by atoms with E-state index in [0.717, 1.165) is 128 Å². The highest BCUT2D eigenvalue weighted by Gasteiger charge is 2.19. The molecular weight excluding hydrogens is 961 g/mol. The zero-order chi connectivity index (χ0) is 56.4. The number of carbonyl (C=O) groups is 3. The molecule has 78 heavy (non-hydrogen) atoms. The Labute approximate surface area is 482 Å². The average molecular weight is 1080 g/mol. The number of esters is 3. The highest BCUT2D eigenvalue weighted by Crippen LogP contribution is 2.16. The van der Waals surface area contributed by atoms with Crippen LogP contribution in [0.25, 0.3) is 0 Å². The first-order valence-corrected chi connectivity index (χ1v) is 32.5. The molecule has 1 atom stereocenters. The topological polar surface area (TPSA) is 78.9 Å². The summed E-state index contributed by atoms with van der Waals surface area (Å²) in [5, 5.41) is 0. The van der Waals surface area contributed by atoms with Crippen molar-refractivity contribution in [2.24, 2.45) is 0 Å². The van der Waals surface area contributed by atoms with E-state index in [1.54, 1.807) is 0 Å². The van der Waals surface area contributed by atoms with Gasteiger partial charge in [-0.25, -0.2) is 0 Å². The number of carbonyl (C=O) groups excluding carboxylic acids is 3. The summed E-state index contributed by atoms with van der Waals surface area (Å²) in [6, 6.07) is 0. The predicted octanol–water partition coefficient (Wildman–Crippen LogP) is 22.4. The Kier molecular flexibility index (Phi) is 61.8. The van der Waals surface area contributed by atoms with Gasteiger partial charge in [-0.3, -0.25) is 14.4 Å². The van der Waals surface area contributed by atoms with E-state index in [1.807, 2.05) is 0 Å². The molecule has 444 valence electrons. The normalized spacial score (nSPS) is 12.9. The Morgan fingerprint density at radius 3 is 0.846 bits per heavy atom. The van der Waals surface area contributed by atoms with E-state index >= 15 is 0 Å². The number of allylic oxidation sites excluding steroid dienone is 20. The molecule has 0 aromatic rings. The molecule has 6 heteroatoms. The summed E-state index contributed by atoms with van der Waals surface area (Å²) >= 11 is 0. The summed E-state index contributed by atoms with van der Waals surface area (Å²) in [5.41, 5.74) is 0. The van der Waals surface area contributed by atoms with Crippen molar-refractivity contribution in [3.05, 3.63) is 122 Å². The molecule has 1 unspecified atom stereocenters. The summed E-state index contributed by atoms with van der Waals surface area (Å²) in [6.07, 6.45) is 90.6. The van der Waals surface area contributed by atoms with Gasteiger partial charge in [0.1, 0.15) is 13.2 Å². The molecule has 0 heterocycles. The fourth-order valence-corrected chi connectivity index (χ4v) is 8.83. The third-order valence-electron chi connectivity index (χ3n) is 13.7. The van der Waals surface area contributed by atoms with Gasteiger partial charge >= 0.3 is 17.9 Å². The van der Waals surface area contributed by atoms with Crippen LogP contribution in [0.1, 0.15) is 297 Å².